The molecule has 5 heteroatoms. The molecule has 4 rings (SSSR count). The molecular weight excluding hydrogens is 364 g/mol. The SMILES string of the molecule is COc1cccc(/C=C2\CCC3=C2OC(N)=C(C#N)C3c2cccc(OC)c2)c1. The van der Waals surface area contributed by atoms with Gasteiger partial charge in [0.05, 0.1) is 14.2 Å². The van der Waals surface area contributed by atoms with Crippen LogP contribution < -0.4 is 15.2 Å². The van der Waals surface area contributed by atoms with Gasteiger partial charge in [-0.2, -0.15) is 5.26 Å². The Kier molecular flexibility index (Phi) is 5.01. The van der Waals surface area contributed by atoms with Gasteiger partial charge in [0.2, 0.25) is 5.88 Å². The number of nitrogens with two attached hydrogens (primary N) is 1. The van der Waals surface area contributed by atoms with E-state index in [1.165, 1.54) is 0 Å². The van der Waals surface area contributed by atoms with Crippen LogP contribution in [-0.2, 0) is 4.74 Å². The van der Waals surface area contributed by atoms with Crippen LogP contribution in [0.4, 0.5) is 0 Å². The van der Waals surface area contributed by atoms with Crippen LogP contribution in [0.25, 0.3) is 6.08 Å². The molecule has 2 aliphatic rings. The van der Waals surface area contributed by atoms with Crippen LogP contribution in [0.3, 0.4) is 0 Å². The second kappa shape index (κ2) is 7.76. The second-order valence-corrected chi connectivity index (χ2v) is 7.00. The predicted octanol–water partition coefficient (Wildman–Crippen LogP) is 4.64. The first-order valence-electron chi connectivity index (χ1n) is 9.44. The lowest BCUT2D eigenvalue weighted by Crippen LogP contribution is -2.19. The van der Waals surface area contributed by atoms with Crippen molar-refractivity contribution in [2.45, 2.75) is 18.8 Å². The highest BCUT2D eigenvalue weighted by Crippen LogP contribution is 2.48. The lowest BCUT2D eigenvalue weighted by atomic mass is 9.83. The minimum Gasteiger partial charge on any atom is -0.497 e. The number of methoxy groups -OCH3 is 2. The van der Waals surface area contributed by atoms with Crippen LogP contribution in [0.5, 0.6) is 11.5 Å². The maximum atomic E-state index is 9.75. The molecule has 146 valence electrons. The van der Waals surface area contributed by atoms with E-state index in [4.69, 9.17) is 19.9 Å². The lowest BCUT2D eigenvalue weighted by Gasteiger charge is -2.26. The Hall–Kier alpha value is -3.65. The van der Waals surface area contributed by atoms with E-state index in [2.05, 4.69) is 12.1 Å². The third-order valence-electron chi connectivity index (χ3n) is 5.34. The fourth-order valence-corrected chi connectivity index (χ4v) is 3.97. The standard InChI is InChI=1S/C24H22N2O3/c1-27-18-7-3-5-15(12-18)11-17-9-10-20-22(16-6-4-8-19(13-16)28-2)21(14-25)24(26)29-23(17)20/h3-8,11-13,22H,9-10,26H2,1-2H3/b17-11+. The van der Waals surface area contributed by atoms with Crippen LogP contribution in [0.15, 0.2) is 76.9 Å². The molecule has 2 N–H and O–H groups in total. The summed E-state index contributed by atoms with van der Waals surface area (Å²) in [5, 5.41) is 9.75. The highest BCUT2D eigenvalue weighted by Gasteiger charge is 2.37. The third kappa shape index (κ3) is 3.45. The summed E-state index contributed by atoms with van der Waals surface area (Å²) in [6.45, 7) is 0. The van der Waals surface area contributed by atoms with Gasteiger partial charge in [-0.1, -0.05) is 24.3 Å². The first-order chi connectivity index (χ1) is 14.1. The zero-order valence-corrected chi connectivity index (χ0v) is 16.4. The van der Waals surface area contributed by atoms with E-state index < -0.39 is 0 Å². The number of hydrogen-bond donors (Lipinski definition) is 1. The van der Waals surface area contributed by atoms with Gasteiger partial charge < -0.3 is 19.9 Å². The number of ether oxygens (including phenoxy) is 3. The molecule has 2 aromatic carbocycles. The molecule has 0 saturated heterocycles. The molecule has 1 aliphatic carbocycles. The van der Waals surface area contributed by atoms with E-state index in [9.17, 15) is 5.26 Å². The van der Waals surface area contributed by atoms with E-state index >= 15 is 0 Å². The largest absolute Gasteiger partial charge is 0.497 e. The van der Waals surface area contributed by atoms with Gasteiger partial charge in [-0.25, -0.2) is 0 Å². The number of allylic oxidation sites excluding steroid dienone is 3. The Morgan fingerprint density at radius 3 is 2.52 bits per heavy atom. The Morgan fingerprint density at radius 2 is 1.79 bits per heavy atom. The fraction of sp³-hybridized carbons (Fsp3) is 0.208. The molecule has 0 amide bonds. The molecule has 0 radical (unpaired) electrons. The molecule has 1 heterocycles. The van der Waals surface area contributed by atoms with Gasteiger partial charge in [-0.05, 0) is 65.5 Å². The molecule has 1 atom stereocenters. The predicted molar refractivity (Wildman–Crippen MR) is 111 cm³/mol. The van der Waals surface area contributed by atoms with Gasteiger partial charge in [-0.15, -0.1) is 0 Å². The smallest absolute Gasteiger partial charge is 0.205 e. The van der Waals surface area contributed by atoms with Crippen LogP contribution in [0.2, 0.25) is 0 Å². The molecule has 0 bridgehead atoms. The molecule has 2 aromatic rings. The zero-order valence-electron chi connectivity index (χ0n) is 16.4. The minimum absolute atomic E-state index is 0.164. The maximum Gasteiger partial charge on any atom is 0.205 e. The first kappa shape index (κ1) is 18.7. The average molecular weight is 386 g/mol. The van der Waals surface area contributed by atoms with E-state index in [0.717, 1.165) is 52.4 Å². The highest BCUT2D eigenvalue weighted by molar-refractivity contribution is 5.64. The van der Waals surface area contributed by atoms with Gasteiger partial charge >= 0.3 is 0 Å². The number of nitrogens with zero attached hydrogens (tertiary/aromatic N) is 1. The van der Waals surface area contributed by atoms with Gasteiger partial charge in [0, 0.05) is 5.92 Å². The normalized spacial score (nSPS) is 19.6. The fourth-order valence-electron chi connectivity index (χ4n) is 3.97. The summed E-state index contributed by atoms with van der Waals surface area (Å²) in [4.78, 5) is 0. The molecule has 29 heavy (non-hydrogen) atoms. The lowest BCUT2D eigenvalue weighted by molar-refractivity contribution is 0.292. The number of nitriles is 1. The van der Waals surface area contributed by atoms with Crippen molar-refractivity contribution in [2.24, 2.45) is 5.73 Å². The van der Waals surface area contributed by atoms with Gasteiger partial charge in [0.1, 0.15) is 28.9 Å². The van der Waals surface area contributed by atoms with Crippen molar-refractivity contribution in [1.82, 2.24) is 0 Å². The number of rotatable bonds is 4. The van der Waals surface area contributed by atoms with Crippen molar-refractivity contribution in [3.63, 3.8) is 0 Å². The highest BCUT2D eigenvalue weighted by atomic mass is 16.5. The average Bonchev–Trinajstić information content (AvgIpc) is 3.14. The number of hydrogen-bond acceptors (Lipinski definition) is 5. The second-order valence-electron chi connectivity index (χ2n) is 7.00. The summed E-state index contributed by atoms with van der Waals surface area (Å²) in [6.07, 6.45) is 3.73. The van der Waals surface area contributed by atoms with Crippen molar-refractivity contribution >= 4 is 6.08 Å². The van der Waals surface area contributed by atoms with Gasteiger partial charge in [-0.3, -0.25) is 0 Å². The van der Waals surface area contributed by atoms with Crippen molar-refractivity contribution in [1.29, 1.82) is 5.26 Å². The van der Waals surface area contributed by atoms with Crippen molar-refractivity contribution in [3.8, 4) is 17.6 Å². The van der Waals surface area contributed by atoms with Crippen molar-refractivity contribution < 1.29 is 14.2 Å². The Bertz CT molecular complexity index is 1090. The van der Waals surface area contributed by atoms with Gasteiger partial charge in [0.15, 0.2) is 0 Å². The van der Waals surface area contributed by atoms with Crippen LogP contribution in [0, 0.1) is 11.3 Å². The summed E-state index contributed by atoms with van der Waals surface area (Å²) in [7, 11) is 3.29. The Morgan fingerprint density at radius 1 is 1.07 bits per heavy atom. The Labute approximate surface area is 170 Å². The van der Waals surface area contributed by atoms with E-state index in [1.54, 1.807) is 14.2 Å². The molecule has 0 fully saturated rings. The van der Waals surface area contributed by atoms with Gasteiger partial charge in [0.25, 0.3) is 0 Å². The van der Waals surface area contributed by atoms with E-state index in [-0.39, 0.29) is 11.8 Å². The first-order valence-corrected chi connectivity index (χ1v) is 9.44. The maximum absolute atomic E-state index is 9.75. The van der Waals surface area contributed by atoms with Crippen LogP contribution in [-0.4, -0.2) is 14.2 Å². The summed E-state index contributed by atoms with van der Waals surface area (Å²) < 4.78 is 16.6. The van der Waals surface area contributed by atoms with Crippen LogP contribution in [0.1, 0.15) is 29.9 Å². The van der Waals surface area contributed by atoms with E-state index in [1.807, 2.05) is 48.5 Å². The topological polar surface area (TPSA) is 77.5 Å². The summed E-state index contributed by atoms with van der Waals surface area (Å²) in [5.41, 5.74) is 10.8. The van der Waals surface area contributed by atoms with E-state index in [0.29, 0.717) is 5.57 Å². The summed E-state index contributed by atoms with van der Waals surface area (Å²) >= 11 is 0. The molecule has 1 unspecified atom stereocenters. The molecule has 5 nitrogen and oxygen atoms in total. The monoisotopic (exact) mass is 386 g/mol. The zero-order chi connectivity index (χ0) is 20.4. The third-order valence-corrected chi connectivity index (χ3v) is 5.34. The molecule has 1 aliphatic heterocycles. The molecular formula is C24H22N2O3. The molecule has 0 spiro atoms. The minimum atomic E-state index is -0.227. The Balaban J connectivity index is 1.79. The molecule has 0 aromatic heterocycles. The number of benzene rings is 2. The molecule has 0 saturated carbocycles. The summed E-state index contributed by atoms with van der Waals surface area (Å²) in [5.74, 6) is 2.26. The van der Waals surface area contributed by atoms with Crippen LogP contribution >= 0.6 is 0 Å². The van der Waals surface area contributed by atoms with Crippen molar-refractivity contribution in [2.75, 3.05) is 14.2 Å². The quantitative estimate of drug-likeness (QED) is 0.828. The summed E-state index contributed by atoms with van der Waals surface area (Å²) in [6, 6.07) is 17.9. The van der Waals surface area contributed by atoms with Crippen molar-refractivity contribution in [3.05, 3.63) is 88.0 Å².